The molecule has 0 unspecified atom stereocenters. The molecule has 0 radical (unpaired) electrons. The minimum absolute atomic E-state index is 0. The Balaban J connectivity index is 0.000000227. The number of hydrogen-bond acceptors (Lipinski definition) is 8. The molecule has 0 saturated heterocycles. The average Bonchev–Trinajstić information content (AvgIpc) is 2.80. The van der Waals surface area contributed by atoms with E-state index in [2.05, 4.69) is 40.4 Å². The third kappa shape index (κ3) is 7.29. The molecule has 0 bridgehead atoms. The van der Waals surface area contributed by atoms with Gasteiger partial charge in [0.05, 0.1) is 0 Å². The largest absolute Gasteiger partial charge is 0.327 e. The number of aromatic amines is 4. The maximum atomic E-state index is 11.2. The van der Waals surface area contributed by atoms with Crippen molar-refractivity contribution < 1.29 is 16.5 Å². The Hall–Kier alpha value is -4.51. The van der Waals surface area contributed by atoms with Gasteiger partial charge < -0.3 is 19.9 Å². The molecule has 170 valence electrons. The molecule has 0 fully saturated rings. The van der Waals surface area contributed by atoms with E-state index < -0.39 is 0 Å². The van der Waals surface area contributed by atoms with Crippen LogP contribution in [0.15, 0.2) is 113 Å². The fourth-order valence-electron chi connectivity index (χ4n) is 2.18. The van der Waals surface area contributed by atoms with Crippen LogP contribution < -0.4 is 22.2 Å². The normalized spacial score (nSPS) is 10.4. The van der Waals surface area contributed by atoms with Crippen molar-refractivity contribution in [3.8, 4) is 0 Å². The molecule has 33 heavy (non-hydrogen) atoms. The standard InChI is InChI=1S/2C10H8N4O2.Ni/c2*15-9-7(3-1-5-11-9)13-14-8-4-2-6-12-10(8)16;/h2*1-6H,(H,11,15)(H,12,16);. The second-order valence-electron chi connectivity index (χ2n) is 5.94. The summed E-state index contributed by atoms with van der Waals surface area (Å²) in [5.74, 6) is 0. The zero-order chi connectivity index (χ0) is 22.8. The van der Waals surface area contributed by atoms with E-state index in [9.17, 15) is 19.2 Å². The number of H-pyrrole nitrogens is 4. The smallest absolute Gasteiger partial charge is 0.275 e. The Morgan fingerprint density at radius 1 is 0.424 bits per heavy atom. The van der Waals surface area contributed by atoms with E-state index in [4.69, 9.17) is 0 Å². The molecule has 0 aromatic carbocycles. The third-order valence-electron chi connectivity index (χ3n) is 3.72. The van der Waals surface area contributed by atoms with Gasteiger partial charge in [0.2, 0.25) is 0 Å². The fourth-order valence-corrected chi connectivity index (χ4v) is 2.18. The van der Waals surface area contributed by atoms with Crippen LogP contribution in [0.4, 0.5) is 22.7 Å². The van der Waals surface area contributed by atoms with Crippen LogP contribution in [-0.4, -0.2) is 19.9 Å². The topological polar surface area (TPSA) is 181 Å². The summed E-state index contributed by atoms with van der Waals surface area (Å²) in [5.41, 5.74) is -0.762. The first-order valence-electron chi connectivity index (χ1n) is 9.09. The molecule has 4 heterocycles. The van der Waals surface area contributed by atoms with Crippen LogP contribution in [0.2, 0.25) is 0 Å². The van der Waals surface area contributed by atoms with Crippen molar-refractivity contribution in [2.45, 2.75) is 0 Å². The summed E-state index contributed by atoms with van der Waals surface area (Å²) in [6.45, 7) is 0. The van der Waals surface area contributed by atoms with Crippen molar-refractivity contribution in [2.24, 2.45) is 20.5 Å². The van der Waals surface area contributed by atoms with Gasteiger partial charge in [-0.15, -0.1) is 20.5 Å². The minimum atomic E-state index is -0.349. The van der Waals surface area contributed by atoms with E-state index in [1.807, 2.05) is 0 Å². The molecule has 4 rings (SSSR count). The van der Waals surface area contributed by atoms with E-state index in [1.54, 1.807) is 24.3 Å². The first kappa shape index (κ1) is 24.8. The number of nitrogens with one attached hydrogen (secondary N) is 4. The van der Waals surface area contributed by atoms with Gasteiger partial charge >= 0.3 is 0 Å². The van der Waals surface area contributed by atoms with Gasteiger partial charge in [0.1, 0.15) is 0 Å². The van der Waals surface area contributed by atoms with Crippen molar-refractivity contribution in [1.29, 1.82) is 0 Å². The van der Waals surface area contributed by atoms with E-state index in [0.717, 1.165) is 0 Å². The summed E-state index contributed by atoms with van der Waals surface area (Å²) >= 11 is 0. The van der Waals surface area contributed by atoms with E-state index >= 15 is 0 Å². The quantitative estimate of drug-likeness (QED) is 0.253. The first-order chi connectivity index (χ1) is 15.5. The van der Waals surface area contributed by atoms with Crippen LogP contribution in [0, 0.1) is 0 Å². The average molecular weight is 491 g/mol. The maximum absolute atomic E-state index is 11.2. The van der Waals surface area contributed by atoms with Gasteiger partial charge in [-0.05, 0) is 48.5 Å². The number of aromatic nitrogens is 4. The molecule has 4 aromatic heterocycles. The molecular weight excluding hydrogens is 475 g/mol. The maximum Gasteiger partial charge on any atom is 0.275 e. The molecule has 0 atom stereocenters. The fraction of sp³-hybridized carbons (Fsp3) is 0. The molecule has 12 nitrogen and oxygen atoms in total. The Morgan fingerprint density at radius 3 is 0.818 bits per heavy atom. The van der Waals surface area contributed by atoms with Crippen LogP contribution in [0.3, 0.4) is 0 Å². The van der Waals surface area contributed by atoms with E-state index in [1.165, 1.54) is 49.1 Å². The second-order valence-corrected chi connectivity index (χ2v) is 5.94. The van der Waals surface area contributed by atoms with Crippen molar-refractivity contribution in [2.75, 3.05) is 0 Å². The summed E-state index contributed by atoms with van der Waals surface area (Å²) in [4.78, 5) is 54.7. The molecule has 0 saturated carbocycles. The van der Waals surface area contributed by atoms with E-state index in [-0.39, 0.29) is 61.5 Å². The van der Waals surface area contributed by atoms with Gasteiger partial charge in [0.25, 0.3) is 22.2 Å². The van der Waals surface area contributed by atoms with Crippen molar-refractivity contribution >= 4 is 22.7 Å². The summed E-state index contributed by atoms with van der Waals surface area (Å²) in [6.07, 6.45) is 5.99. The van der Waals surface area contributed by atoms with Gasteiger partial charge in [-0.2, -0.15) is 0 Å². The minimum Gasteiger partial charge on any atom is -0.327 e. The van der Waals surface area contributed by atoms with E-state index in [0.29, 0.717) is 0 Å². The first-order valence-corrected chi connectivity index (χ1v) is 9.09. The van der Waals surface area contributed by atoms with Crippen molar-refractivity contribution in [1.82, 2.24) is 19.9 Å². The van der Waals surface area contributed by atoms with Crippen LogP contribution in [0.25, 0.3) is 0 Å². The van der Waals surface area contributed by atoms with Gasteiger partial charge in [-0.3, -0.25) is 19.2 Å². The molecule has 0 amide bonds. The van der Waals surface area contributed by atoms with Crippen LogP contribution >= 0.6 is 0 Å². The number of azo groups is 2. The summed E-state index contributed by atoms with van der Waals surface area (Å²) < 4.78 is 0. The zero-order valence-electron chi connectivity index (χ0n) is 16.7. The molecule has 4 aromatic rings. The molecule has 0 spiro atoms. The molecule has 0 aliphatic carbocycles. The van der Waals surface area contributed by atoms with Crippen LogP contribution in [0.1, 0.15) is 0 Å². The van der Waals surface area contributed by atoms with Crippen LogP contribution in [-0.2, 0) is 16.5 Å². The van der Waals surface area contributed by atoms with Crippen LogP contribution in [0.5, 0.6) is 0 Å². The summed E-state index contributed by atoms with van der Waals surface area (Å²) in [6, 6.07) is 12.6. The number of hydrogen-bond donors (Lipinski definition) is 4. The Bertz CT molecular complexity index is 1260. The molecule has 13 heteroatoms. The summed E-state index contributed by atoms with van der Waals surface area (Å²) in [7, 11) is 0. The number of pyridine rings is 4. The predicted molar refractivity (Wildman–Crippen MR) is 117 cm³/mol. The van der Waals surface area contributed by atoms with Crippen molar-refractivity contribution in [3.05, 3.63) is 115 Å². The molecule has 4 N–H and O–H groups in total. The summed E-state index contributed by atoms with van der Waals surface area (Å²) in [5, 5.41) is 14.8. The van der Waals surface area contributed by atoms with Gasteiger partial charge in [-0.1, -0.05) is 0 Å². The van der Waals surface area contributed by atoms with Crippen molar-refractivity contribution in [3.63, 3.8) is 0 Å². The molecular formula is C20H16N8NiO4. The van der Waals surface area contributed by atoms with Gasteiger partial charge in [-0.25, -0.2) is 0 Å². The third-order valence-corrected chi connectivity index (χ3v) is 3.72. The van der Waals surface area contributed by atoms with Gasteiger partial charge in [0.15, 0.2) is 22.7 Å². The zero-order valence-corrected chi connectivity index (χ0v) is 17.7. The molecule has 0 aliphatic rings. The number of rotatable bonds is 4. The monoisotopic (exact) mass is 490 g/mol. The van der Waals surface area contributed by atoms with Gasteiger partial charge in [0, 0.05) is 41.3 Å². The SMILES string of the molecule is O=c1[nH]cccc1N=Nc1ccc[nH]c1=O.O=c1[nH]cccc1N=Nc1ccc[nH]c1=O.[Ni]. The second kappa shape index (κ2) is 12.4. The molecule has 0 aliphatic heterocycles. The Labute approximate surface area is 194 Å². The Kier molecular flexibility index (Phi) is 9.28. The number of nitrogens with zero attached hydrogens (tertiary/aromatic N) is 4. The Morgan fingerprint density at radius 2 is 0.636 bits per heavy atom. The predicted octanol–water partition coefficient (Wildman–Crippen LogP) is 2.95.